The molecule has 0 fully saturated rings. The van der Waals surface area contributed by atoms with Crippen LogP contribution in [0, 0.1) is 5.82 Å². The highest BCUT2D eigenvalue weighted by Crippen LogP contribution is 2.24. The van der Waals surface area contributed by atoms with Crippen LogP contribution in [0.4, 0.5) is 9.18 Å². The number of aliphatic hydroxyl groups is 1. The molecule has 0 bridgehead atoms. The quantitative estimate of drug-likeness (QED) is 0.762. The van der Waals surface area contributed by atoms with Gasteiger partial charge in [0, 0.05) is 12.1 Å². The predicted molar refractivity (Wildman–Crippen MR) is 89.3 cm³/mol. The van der Waals surface area contributed by atoms with E-state index >= 15 is 0 Å². The topological polar surface area (TPSA) is 70.6 Å². The molecule has 5 nitrogen and oxygen atoms in total. The summed E-state index contributed by atoms with van der Waals surface area (Å²) in [6.45, 7) is 1.81. The van der Waals surface area contributed by atoms with Crippen LogP contribution in [0.2, 0.25) is 0 Å². The smallest absolute Gasteiger partial charge is 0.315 e. The second-order valence-electron chi connectivity index (χ2n) is 5.39. The van der Waals surface area contributed by atoms with Crippen molar-refractivity contribution >= 4 is 6.03 Å². The van der Waals surface area contributed by atoms with E-state index in [0.717, 1.165) is 5.56 Å². The summed E-state index contributed by atoms with van der Waals surface area (Å²) >= 11 is 0. The van der Waals surface area contributed by atoms with Crippen molar-refractivity contribution in [2.45, 2.75) is 19.1 Å². The second-order valence-corrected chi connectivity index (χ2v) is 5.39. The van der Waals surface area contributed by atoms with Crippen LogP contribution in [0.3, 0.4) is 0 Å². The maximum absolute atomic E-state index is 13.1. The minimum Gasteiger partial charge on any atom is -0.496 e. The summed E-state index contributed by atoms with van der Waals surface area (Å²) < 4.78 is 18.4. The molecule has 0 saturated heterocycles. The number of urea groups is 1. The average molecular weight is 332 g/mol. The fourth-order valence-corrected chi connectivity index (χ4v) is 2.37. The Kier molecular flexibility index (Phi) is 6.14. The summed E-state index contributed by atoms with van der Waals surface area (Å²) in [6, 6.07) is 12.3. The van der Waals surface area contributed by atoms with Crippen molar-refractivity contribution in [3.63, 3.8) is 0 Å². The van der Waals surface area contributed by atoms with Crippen molar-refractivity contribution in [2.75, 3.05) is 13.7 Å². The summed E-state index contributed by atoms with van der Waals surface area (Å²) in [5, 5.41) is 15.3. The summed E-state index contributed by atoms with van der Waals surface area (Å²) in [5.41, 5.74) is 1.26. The standard InChI is InChI=1S/C18H21FN2O3/c1-12(15-8-3-4-9-17(15)24-2)21-18(23)20-11-16(22)13-6-5-7-14(19)10-13/h3-10,12,16,22H,11H2,1-2H3,(H2,20,21,23)/t12-,16+/m1/s1. The molecule has 0 spiro atoms. The van der Waals surface area contributed by atoms with Gasteiger partial charge in [0.25, 0.3) is 0 Å². The molecule has 2 amide bonds. The number of amides is 2. The predicted octanol–water partition coefficient (Wildman–Crippen LogP) is 2.93. The molecule has 0 aliphatic carbocycles. The molecule has 0 aliphatic heterocycles. The maximum atomic E-state index is 13.1. The fourth-order valence-electron chi connectivity index (χ4n) is 2.37. The number of methoxy groups -OCH3 is 1. The third-order valence-corrected chi connectivity index (χ3v) is 3.64. The number of hydrogen-bond acceptors (Lipinski definition) is 3. The number of para-hydroxylation sites is 1. The van der Waals surface area contributed by atoms with Crippen LogP contribution in [-0.4, -0.2) is 24.8 Å². The van der Waals surface area contributed by atoms with Crippen molar-refractivity contribution in [1.29, 1.82) is 0 Å². The van der Waals surface area contributed by atoms with Gasteiger partial charge in [-0.15, -0.1) is 0 Å². The Morgan fingerprint density at radius 1 is 1.25 bits per heavy atom. The van der Waals surface area contributed by atoms with Crippen LogP contribution in [0.5, 0.6) is 5.75 Å². The SMILES string of the molecule is COc1ccccc1[C@@H](C)NC(=O)NC[C@H](O)c1cccc(F)c1. The number of nitrogens with one attached hydrogen (secondary N) is 2. The van der Waals surface area contributed by atoms with E-state index in [-0.39, 0.29) is 12.6 Å². The molecule has 6 heteroatoms. The zero-order chi connectivity index (χ0) is 17.5. The maximum Gasteiger partial charge on any atom is 0.315 e. The summed E-state index contributed by atoms with van der Waals surface area (Å²) in [4.78, 5) is 12.0. The highest BCUT2D eigenvalue weighted by atomic mass is 19.1. The molecule has 0 unspecified atom stereocenters. The van der Waals surface area contributed by atoms with Crippen molar-refractivity contribution in [3.05, 3.63) is 65.5 Å². The lowest BCUT2D eigenvalue weighted by atomic mass is 10.1. The van der Waals surface area contributed by atoms with Crippen LogP contribution < -0.4 is 15.4 Å². The zero-order valence-electron chi connectivity index (χ0n) is 13.6. The molecular weight excluding hydrogens is 311 g/mol. The summed E-state index contributed by atoms with van der Waals surface area (Å²) in [5.74, 6) is 0.255. The fraction of sp³-hybridized carbons (Fsp3) is 0.278. The normalized spacial score (nSPS) is 13.0. The van der Waals surface area contributed by atoms with Crippen LogP contribution >= 0.6 is 0 Å². The average Bonchev–Trinajstić information content (AvgIpc) is 2.59. The minimum absolute atomic E-state index is 0.0199. The number of ether oxygens (including phenoxy) is 1. The third-order valence-electron chi connectivity index (χ3n) is 3.64. The number of benzene rings is 2. The summed E-state index contributed by atoms with van der Waals surface area (Å²) in [7, 11) is 1.57. The van der Waals surface area contributed by atoms with Gasteiger partial charge in [0.2, 0.25) is 0 Å². The second kappa shape index (κ2) is 8.31. The highest BCUT2D eigenvalue weighted by molar-refractivity contribution is 5.74. The van der Waals surface area contributed by atoms with E-state index in [4.69, 9.17) is 4.74 Å². The number of hydrogen-bond donors (Lipinski definition) is 3. The molecular formula is C18H21FN2O3. The number of rotatable bonds is 6. The molecule has 0 heterocycles. The number of halogens is 1. The largest absolute Gasteiger partial charge is 0.496 e. The van der Waals surface area contributed by atoms with Gasteiger partial charge in [0.15, 0.2) is 0 Å². The molecule has 0 aromatic heterocycles. The van der Waals surface area contributed by atoms with Crippen LogP contribution in [-0.2, 0) is 0 Å². The first kappa shape index (κ1) is 17.7. The Balaban J connectivity index is 1.89. The Labute approximate surface area is 140 Å². The number of aliphatic hydroxyl groups excluding tert-OH is 1. The highest BCUT2D eigenvalue weighted by Gasteiger charge is 2.15. The van der Waals surface area contributed by atoms with Crippen molar-refractivity contribution < 1.29 is 19.0 Å². The molecule has 0 radical (unpaired) electrons. The van der Waals surface area contributed by atoms with Gasteiger partial charge in [0.05, 0.1) is 19.3 Å². The van der Waals surface area contributed by atoms with Crippen LogP contribution in [0.15, 0.2) is 48.5 Å². The first-order chi connectivity index (χ1) is 11.5. The number of carbonyl (C=O) groups excluding carboxylic acids is 1. The molecule has 3 N–H and O–H groups in total. The van der Waals surface area contributed by atoms with Gasteiger partial charge >= 0.3 is 6.03 Å². The Morgan fingerprint density at radius 2 is 2.00 bits per heavy atom. The van der Waals surface area contributed by atoms with E-state index in [1.807, 2.05) is 31.2 Å². The van der Waals surface area contributed by atoms with E-state index < -0.39 is 18.0 Å². The first-order valence-electron chi connectivity index (χ1n) is 7.62. The van der Waals surface area contributed by atoms with Crippen molar-refractivity contribution in [2.24, 2.45) is 0 Å². The molecule has 2 aromatic rings. The van der Waals surface area contributed by atoms with Gasteiger partial charge in [-0.2, -0.15) is 0 Å². The van der Waals surface area contributed by atoms with Crippen LogP contribution in [0.25, 0.3) is 0 Å². The van der Waals surface area contributed by atoms with Crippen molar-refractivity contribution in [3.8, 4) is 5.75 Å². The van der Waals surface area contributed by atoms with E-state index in [9.17, 15) is 14.3 Å². The molecule has 128 valence electrons. The monoisotopic (exact) mass is 332 g/mol. The number of carbonyl (C=O) groups is 1. The molecule has 0 saturated carbocycles. The lowest BCUT2D eigenvalue weighted by Crippen LogP contribution is -2.39. The zero-order valence-corrected chi connectivity index (χ0v) is 13.6. The Morgan fingerprint density at radius 3 is 2.71 bits per heavy atom. The Hall–Kier alpha value is -2.60. The van der Waals surface area contributed by atoms with E-state index in [2.05, 4.69) is 10.6 Å². The van der Waals surface area contributed by atoms with E-state index in [1.165, 1.54) is 18.2 Å². The summed E-state index contributed by atoms with van der Waals surface area (Å²) in [6.07, 6.45) is -0.979. The lowest BCUT2D eigenvalue weighted by molar-refractivity contribution is 0.172. The molecule has 2 atom stereocenters. The van der Waals surface area contributed by atoms with Gasteiger partial charge in [0.1, 0.15) is 11.6 Å². The van der Waals surface area contributed by atoms with E-state index in [0.29, 0.717) is 11.3 Å². The first-order valence-corrected chi connectivity index (χ1v) is 7.62. The van der Waals surface area contributed by atoms with Gasteiger partial charge < -0.3 is 20.5 Å². The molecule has 2 rings (SSSR count). The van der Waals surface area contributed by atoms with Gasteiger partial charge in [-0.3, -0.25) is 0 Å². The molecule has 2 aromatic carbocycles. The minimum atomic E-state index is -0.979. The van der Waals surface area contributed by atoms with Crippen LogP contribution in [0.1, 0.15) is 30.2 Å². The van der Waals surface area contributed by atoms with Crippen molar-refractivity contribution in [1.82, 2.24) is 10.6 Å². The lowest BCUT2D eigenvalue weighted by Gasteiger charge is -2.18. The van der Waals surface area contributed by atoms with Gasteiger partial charge in [-0.25, -0.2) is 9.18 Å². The molecule has 24 heavy (non-hydrogen) atoms. The Bertz CT molecular complexity index is 693. The molecule has 0 aliphatic rings. The third kappa shape index (κ3) is 4.70. The van der Waals surface area contributed by atoms with E-state index in [1.54, 1.807) is 13.2 Å². The van der Waals surface area contributed by atoms with Gasteiger partial charge in [-0.05, 0) is 30.7 Å². The van der Waals surface area contributed by atoms with Gasteiger partial charge in [-0.1, -0.05) is 30.3 Å².